The van der Waals surface area contributed by atoms with Gasteiger partial charge in [0.25, 0.3) is 0 Å². The molecule has 4 heteroatoms. The predicted molar refractivity (Wildman–Crippen MR) is 93.5 cm³/mol. The third kappa shape index (κ3) is 5.38. The fraction of sp³-hybridized carbons (Fsp3) is 0.316. The molecule has 0 aromatic heterocycles. The number of carbonyl (C=O) groups excluding carboxylic acids is 1. The molecule has 0 radical (unpaired) electrons. The summed E-state index contributed by atoms with van der Waals surface area (Å²) in [5.74, 6) is -0.204. The molecule has 1 N–H and O–H groups in total. The van der Waals surface area contributed by atoms with E-state index in [9.17, 15) is 4.79 Å². The van der Waals surface area contributed by atoms with Crippen LogP contribution < -0.4 is 5.32 Å². The van der Waals surface area contributed by atoms with Crippen LogP contribution in [0, 0.1) is 6.92 Å². The minimum absolute atomic E-state index is 0.106. The summed E-state index contributed by atoms with van der Waals surface area (Å²) < 4.78 is 5.09. The molecule has 0 spiro atoms. The highest BCUT2D eigenvalue weighted by atomic mass is 35.5. The first-order valence-electron chi connectivity index (χ1n) is 7.79. The zero-order valence-electron chi connectivity index (χ0n) is 13.5. The topological polar surface area (TPSA) is 38.3 Å². The van der Waals surface area contributed by atoms with E-state index in [2.05, 4.69) is 5.32 Å². The number of esters is 1. The number of benzene rings is 2. The highest BCUT2D eigenvalue weighted by Gasteiger charge is 2.17. The van der Waals surface area contributed by atoms with E-state index in [1.165, 1.54) is 5.56 Å². The fourth-order valence-electron chi connectivity index (χ4n) is 2.37. The number of carbonyl (C=O) groups is 1. The molecule has 0 aliphatic rings. The Morgan fingerprint density at radius 3 is 2.52 bits per heavy atom. The molecule has 23 heavy (non-hydrogen) atoms. The van der Waals surface area contributed by atoms with Crippen molar-refractivity contribution in [2.24, 2.45) is 0 Å². The van der Waals surface area contributed by atoms with Gasteiger partial charge in [0.1, 0.15) is 0 Å². The maximum absolute atomic E-state index is 11.9. The van der Waals surface area contributed by atoms with Crippen LogP contribution in [0.4, 0.5) is 0 Å². The van der Waals surface area contributed by atoms with Crippen molar-refractivity contribution in [1.82, 2.24) is 5.32 Å². The second-order valence-corrected chi connectivity index (χ2v) is 5.85. The van der Waals surface area contributed by atoms with Gasteiger partial charge in [-0.25, -0.2) is 0 Å². The van der Waals surface area contributed by atoms with Gasteiger partial charge in [-0.05, 0) is 31.0 Å². The summed E-state index contributed by atoms with van der Waals surface area (Å²) in [7, 11) is 0. The maximum atomic E-state index is 11.9. The van der Waals surface area contributed by atoms with Gasteiger partial charge < -0.3 is 10.1 Å². The number of ether oxygens (including phenoxy) is 1. The molecule has 0 aliphatic heterocycles. The van der Waals surface area contributed by atoms with Crippen molar-refractivity contribution in [2.45, 2.75) is 32.9 Å². The molecule has 0 aliphatic carbocycles. The molecule has 0 heterocycles. The summed E-state index contributed by atoms with van der Waals surface area (Å²) in [6.07, 6.45) is 0.293. The van der Waals surface area contributed by atoms with Crippen LogP contribution in [0.15, 0.2) is 48.5 Å². The van der Waals surface area contributed by atoms with Crippen LogP contribution in [0.3, 0.4) is 0 Å². The fourth-order valence-corrected chi connectivity index (χ4v) is 2.57. The number of rotatable bonds is 7. The molecule has 2 aromatic carbocycles. The van der Waals surface area contributed by atoms with Crippen LogP contribution in [0.1, 0.15) is 36.1 Å². The van der Waals surface area contributed by atoms with Crippen LogP contribution in [0.2, 0.25) is 5.02 Å². The van der Waals surface area contributed by atoms with Crippen LogP contribution in [0.25, 0.3) is 0 Å². The van der Waals surface area contributed by atoms with E-state index in [-0.39, 0.29) is 12.0 Å². The monoisotopic (exact) mass is 331 g/mol. The zero-order chi connectivity index (χ0) is 16.7. The summed E-state index contributed by atoms with van der Waals surface area (Å²) in [6.45, 7) is 4.85. The highest BCUT2D eigenvalue weighted by molar-refractivity contribution is 6.31. The van der Waals surface area contributed by atoms with Crippen LogP contribution in [-0.2, 0) is 16.1 Å². The number of hydrogen-bond acceptors (Lipinski definition) is 3. The molecule has 0 bridgehead atoms. The lowest BCUT2D eigenvalue weighted by Gasteiger charge is -2.19. The Morgan fingerprint density at radius 1 is 1.17 bits per heavy atom. The molecule has 1 atom stereocenters. The summed E-state index contributed by atoms with van der Waals surface area (Å²) >= 11 is 6.20. The van der Waals surface area contributed by atoms with E-state index < -0.39 is 0 Å². The lowest BCUT2D eigenvalue weighted by molar-refractivity contribution is -0.143. The molecule has 3 nitrogen and oxygen atoms in total. The number of nitrogens with one attached hydrogen (secondary N) is 1. The molecule has 122 valence electrons. The number of hydrogen-bond donors (Lipinski definition) is 1. The first-order chi connectivity index (χ1) is 11.1. The average Bonchev–Trinajstić information content (AvgIpc) is 2.54. The van der Waals surface area contributed by atoms with Gasteiger partial charge >= 0.3 is 5.97 Å². The SMILES string of the molecule is CCOC(=O)CC(NCc1ccccc1Cl)c1ccc(C)cc1. The standard InChI is InChI=1S/C19H22ClNO2/c1-3-23-19(22)12-18(15-10-8-14(2)9-11-15)21-13-16-6-4-5-7-17(16)20/h4-11,18,21H,3,12-13H2,1-2H3. The van der Waals surface area contributed by atoms with Crippen molar-refractivity contribution < 1.29 is 9.53 Å². The quantitative estimate of drug-likeness (QED) is 0.763. The van der Waals surface area contributed by atoms with Gasteiger partial charge in [-0.15, -0.1) is 0 Å². The Kier molecular flexibility index (Phi) is 6.63. The van der Waals surface area contributed by atoms with E-state index in [0.29, 0.717) is 19.6 Å². The molecule has 0 amide bonds. The molecular formula is C19H22ClNO2. The van der Waals surface area contributed by atoms with Crippen molar-refractivity contribution in [3.8, 4) is 0 Å². The third-order valence-corrected chi connectivity index (χ3v) is 4.02. The van der Waals surface area contributed by atoms with Crippen LogP contribution in [-0.4, -0.2) is 12.6 Å². The van der Waals surface area contributed by atoms with Crippen molar-refractivity contribution in [2.75, 3.05) is 6.61 Å². The van der Waals surface area contributed by atoms with Crippen LogP contribution in [0.5, 0.6) is 0 Å². The van der Waals surface area contributed by atoms with Crippen LogP contribution >= 0.6 is 11.6 Å². The summed E-state index contributed by atoms with van der Waals surface area (Å²) in [4.78, 5) is 11.9. The van der Waals surface area contributed by atoms with Gasteiger partial charge in [0.15, 0.2) is 0 Å². The molecule has 1 unspecified atom stereocenters. The first kappa shape index (κ1) is 17.5. The van der Waals surface area contributed by atoms with Gasteiger partial charge in [-0.2, -0.15) is 0 Å². The number of aryl methyl sites for hydroxylation is 1. The van der Waals surface area contributed by atoms with Gasteiger partial charge in [0, 0.05) is 17.6 Å². The van der Waals surface area contributed by atoms with Crippen molar-refractivity contribution in [1.29, 1.82) is 0 Å². The van der Waals surface area contributed by atoms with Gasteiger partial charge in [0.2, 0.25) is 0 Å². The Bertz CT molecular complexity index is 640. The lowest BCUT2D eigenvalue weighted by atomic mass is 10.0. The lowest BCUT2D eigenvalue weighted by Crippen LogP contribution is -2.24. The van der Waals surface area contributed by atoms with E-state index >= 15 is 0 Å². The minimum Gasteiger partial charge on any atom is -0.466 e. The Labute approximate surface area is 142 Å². The number of halogens is 1. The maximum Gasteiger partial charge on any atom is 0.307 e. The largest absolute Gasteiger partial charge is 0.466 e. The zero-order valence-corrected chi connectivity index (χ0v) is 14.3. The molecular weight excluding hydrogens is 310 g/mol. The smallest absolute Gasteiger partial charge is 0.307 e. The van der Waals surface area contributed by atoms with Gasteiger partial charge in [-0.1, -0.05) is 59.6 Å². The summed E-state index contributed by atoms with van der Waals surface area (Å²) in [6, 6.07) is 15.8. The van der Waals surface area contributed by atoms with Crippen molar-refractivity contribution in [3.05, 3.63) is 70.2 Å². The first-order valence-corrected chi connectivity index (χ1v) is 8.17. The Hall–Kier alpha value is -1.84. The summed E-state index contributed by atoms with van der Waals surface area (Å²) in [5, 5.41) is 4.14. The Balaban J connectivity index is 2.11. The molecule has 0 saturated carbocycles. The summed E-state index contributed by atoms with van der Waals surface area (Å²) in [5.41, 5.74) is 3.26. The molecule has 2 aromatic rings. The predicted octanol–water partition coefficient (Wildman–Crippen LogP) is 4.43. The molecule has 0 fully saturated rings. The Morgan fingerprint density at radius 2 is 1.87 bits per heavy atom. The minimum atomic E-state index is -0.204. The third-order valence-electron chi connectivity index (χ3n) is 3.65. The highest BCUT2D eigenvalue weighted by Crippen LogP contribution is 2.21. The normalized spacial score (nSPS) is 12.0. The van der Waals surface area contributed by atoms with E-state index in [1.807, 2.05) is 62.4 Å². The molecule has 0 saturated heterocycles. The molecule has 2 rings (SSSR count). The van der Waals surface area contributed by atoms with Gasteiger partial charge in [-0.3, -0.25) is 4.79 Å². The second-order valence-electron chi connectivity index (χ2n) is 5.44. The van der Waals surface area contributed by atoms with Gasteiger partial charge in [0.05, 0.1) is 13.0 Å². The second kappa shape index (κ2) is 8.70. The van der Waals surface area contributed by atoms with E-state index in [1.54, 1.807) is 0 Å². The van der Waals surface area contributed by atoms with Crippen molar-refractivity contribution >= 4 is 17.6 Å². The average molecular weight is 332 g/mol. The van der Waals surface area contributed by atoms with Crippen molar-refractivity contribution in [3.63, 3.8) is 0 Å². The van der Waals surface area contributed by atoms with E-state index in [0.717, 1.165) is 16.1 Å². The van der Waals surface area contributed by atoms with E-state index in [4.69, 9.17) is 16.3 Å².